The zero-order valence-electron chi connectivity index (χ0n) is 11.0. The summed E-state index contributed by atoms with van der Waals surface area (Å²) >= 11 is 0. The van der Waals surface area contributed by atoms with Crippen LogP contribution in [-0.2, 0) is 9.59 Å². The molecule has 0 fully saturated rings. The van der Waals surface area contributed by atoms with Crippen LogP contribution in [0, 0.1) is 0 Å². The third kappa shape index (κ3) is 11.4. The van der Waals surface area contributed by atoms with Crippen molar-refractivity contribution in [2.24, 2.45) is 0 Å². The molecule has 17 heavy (non-hydrogen) atoms. The predicted molar refractivity (Wildman–Crippen MR) is 66.5 cm³/mol. The van der Waals surface area contributed by atoms with E-state index in [2.05, 4.69) is 6.92 Å². The highest BCUT2D eigenvalue weighted by molar-refractivity contribution is 6.31. The second kappa shape index (κ2) is 11.6. The van der Waals surface area contributed by atoms with Gasteiger partial charge < -0.3 is 9.90 Å². The number of unbranched alkanes of at least 4 members (excludes halogenated alkanes) is 9. The number of aliphatic carboxylic acids is 1. The maximum Gasteiger partial charge on any atom is 0.178 e. The molecule has 0 atom stereocenters. The van der Waals surface area contributed by atoms with Gasteiger partial charge in [-0.1, -0.05) is 64.7 Å². The molecule has 0 rings (SSSR count). The van der Waals surface area contributed by atoms with Gasteiger partial charge in [0, 0.05) is 6.42 Å². The number of carboxylic acids is 1. The highest BCUT2D eigenvalue weighted by Gasteiger charge is 2.01. The Morgan fingerprint density at radius 3 is 1.59 bits per heavy atom. The molecule has 0 saturated heterocycles. The van der Waals surface area contributed by atoms with Crippen molar-refractivity contribution in [3.05, 3.63) is 0 Å². The minimum absolute atomic E-state index is 0.138. The highest BCUT2D eigenvalue weighted by Crippen LogP contribution is 2.11. The van der Waals surface area contributed by atoms with Gasteiger partial charge in [-0.25, -0.2) is 0 Å². The van der Waals surface area contributed by atoms with Crippen molar-refractivity contribution in [1.29, 1.82) is 0 Å². The van der Waals surface area contributed by atoms with E-state index in [0.29, 0.717) is 6.42 Å². The molecule has 0 aliphatic heterocycles. The SMILES string of the molecule is CCCCCCCCCCCCC(=O)C(=O)[O-]. The van der Waals surface area contributed by atoms with Gasteiger partial charge in [-0.15, -0.1) is 0 Å². The van der Waals surface area contributed by atoms with Gasteiger partial charge in [0.15, 0.2) is 5.78 Å². The lowest BCUT2D eigenvalue weighted by Gasteiger charge is -2.02. The molecule has 0 bridgehead atoms. The van der Waals surface area contributed by atoms with Crippen molar-refractivity contribution in [2.45, 2.75) is 77.6 Å². The Morgan fingerprint density at radius 2 is 1.18 bits per heavy atom. The summed E-state index contributed by atoms with van der Waals surface area (Å²) in [5, 5.41) is 10.1. The summed E-state index contributed by atoms with van der Waals surface area (Å²) in [5.74, 6) is -2.30. The number of carbonyl (C=O) groups is 2. The van der Waals surface area contributed by atoms with Crippen LogP contribution >= 0.6 is 0 Å². The van der Waals surface area contributed by atoms with Crippen molar-refractivity contribution in [1.82, 2.24) is 0 Å². The Balaban J connectivity index is 3.08. The van der Waals surface area contributed by atoms with Crippen LogP contribution in [-0.4, -0.2) is 11.8 Å². The number of hydrogen-bond acceptors (Lipinski definition) is 3. The zero-order valence-corrected chi connectivity index (χ0v) is 11.0. The van der Waals surface area contributed by atoms with Gasteiger partial charge in [-0.2, -0.15) is 0 Å². The molecular formula is C14H25O3-. The largest absolute Gasteiger partial charge is 0.542 e. The van der Waals surface area contributed by atoms with Crippen LogP contribution in [0.4, 0.5) is 0 Å². The predicted octanol–water partition coefficient (Wildman–Crippen LogP) is 2.62. The van der Waals surface area contributed by atoms with E-state index >= 15 is 0 Å². The van der Waals surface area contributed by atoms with Crippen LogP contribution < -0.4 is 5.11 Å². The molecule has 0 aliphatic rings. The first kappa shape index (κ1) is 16.1. The first-order valence-electron chi connectivity index (χ1n) is 6.92. The lowest BCUT2D eigenvalue weighted by Crippen LogP contribution is -2.31. The van der Waals surface area contributed by atoms with Gasteiger partial charge in [-0.3, -0.25) is 4.79 Å². The maximum absolute atomic E-state index is 10.7. The summed E-state index contributed by atoms with van der Waals surface area (Å²) in [6.07, 6.45) is 11.9. The number of hydrogen-bond donors (Lipinski definition) is 0. The number of carboxylic acid groups (broad SMARTS) is 1. The molecule has 0 amide bonds. The molecule has 0 radical (unpaired) electrons. The average molecular weight is 241 g/mol. The van der Waals surface area contributed by atoms with Crippen LogP contribution in [0.25, 0.3) is 0 Å². The van der Waals surface area contributed by atoms with E-state index in [-0.39, 0.29) is 6.42 Å². The molecule has 0 aliphatic carbocycles. The van der Waals surface area contributed by atoms with E-state index in [1.54, 1.807) is 0 Å². The molecule has 0 heterocycles. The van der Waals surface area contributed by atoms with Crippen LogP contribution in [0.3, 0.4) is 0 Å². The van der Waals surface area contributed by atoms with Crippen LogP contribution in [0.2, 0.25) is 0 Å². The number of rotatable bonds is 12. The average Bonchev–Trinajstić information content (AvgIpc) is 2.31. The van der Waals surface area contributed by atoms with E-state index in [1.807, 2.05) is 0 Å². The van der Waals surface area contributed by atoms with E-state index in [0.717, 1.165) is 12.8 Å². The van der Waals surface area contributed by atoms with Gasteiger partial charge in [0.1, 0.15) is 5.97 Å². The Labute approximate surface area is 105 Å². The van der Waals surface area contributed by atoms with Crippen LogP contribution in [0.15, 0.2) is 0 Å². The molecule has 0 saturated carbocycles. The topological polar surface area (TPSA) is 57.2 Å². The molecule has 0 N–H and O–H groups in total. The van der Waals surface area contributed by atoms with Crippen molar-refractivity contribution >= 4 is 11.8 Å². The Morgan fingerprint density at radius 1 is 0.765 bits per heavy atom. The molecule has 0 aromatic rings. The van der Waals surface area contributed by atoms with Crippen molar-refractivity contribution in [3.63, 3.8) is 0 Å². The summed E-state index contributed by atoms with van der Waals surface area (Å²) in [4.78, 5) is 20.8. The second-order valence-electron chi connectivity index (χ2n) is 4.64. The first-order valence-corrected chi connectivity index (χ1v) is 6.92. The van der Waals surface area contributed by atoms with Gasteiger partial charge in [0.25, 0.3) is 0 Å². The summed E-state index contributed by atoms with van der Waals surface area (Å²) in [6, 6.07) is 0. The summed E-state index contributed by atoms with van der Waals surface area (Å²) in [6.45, 7) is 2.22. The molecule has 3 heteroatoms. The van der Waals surface area contributed by atoms with Crippen LogP contribution in [0.5, 0.6) is 0 Å². The minimum atomic E-state index is -1.54. The maximum atomic E-state index is 10.7. The highest BCUT2D eigenvalue weighted by atomic mass is 16.4. The normalized spacial score (nSPS) is 10.4. The molecular weight excluding hydrogens is 216 g/mol. The summed E-state index contributed by atoms with van der Waals surface area (Å²) in [5.41, 5.74) is 0. The number of carbonyl (C=O) groups excluding carboxylic acids is 2. The zero-order chi connectivity index (χ0) is 12.9. The van der Waals surface area contributed by atoms with Gasteiger partial charge in [-0.05, 0) is 6.42 Å². The molecule has 0 aromatic heterocycles. The Bertz CT molecular complexity index is 212. The van der Waals surface area contributed by atoms with E-state index in [4.69, 9.17) is 0 Å². The number of Topliss-reactive ketones (excluding diaryl/α,β-unsaturated/α-hetero) is 1. The van der Waals surface area contributed by atoms with Crippen molar-refractivity contribution in [2.75, 3.05) is 0 Å². The van der Waals surface area contributed by atoms with Crippen molar-refractivity contribution in [3.8, 4) is 0 Å². The van der Waals surface area contributed by atoms with Crippen molar-refractivity contribution < 1.29 is 14.7 Å². The van der Waals surface area contributed by atoms with Gasteiger partial charge >= 0.3 is 0 Å². The number of ketones is 1. The third-order valence-electron chi connectivity index (χ3n) is 2.99. The first-order chi connectivity index (χ1) is 8.18. The third-order valence-corrected chi connectivity index (χ3v) is 2.99. The molecule has 0 unspecified atom stereocenters. The standard InChI is InChI=1S/C14H26O3/c1-2-3-4-5-6-7-8-9-10-11-12-13(15)14(16)17/h2-12H2,1H3,(H,16,17)/p-1. The van der Waals surface area contributed by atoms with Gasteiger partial charge in [0.2, 0.25) is 0 Å². The summed E-state index contributed by atoms with van der Waals surface area (Å²) in [7, 11) is 0. The minimum Gasteiger partial charge on any atom is -0.542 e. The summed E-state index contributed by atoms with van der Waals surface area (Å²) < 4.78 is 0. The fourth-order valence-corrected chi connectivity index (χ4v) is 1.88. The fraction of sp³-hybridized carbons (Fsp3) is 0.857. The Kier molecular flexibility index (Phi) is 11.0. The fourth-order valence-electron chi connectivity index (χ4n) is 1.88. The van der Waals surface area contributed by atoms with Crippen LogP contribution in [0.1, 0.15) is 77.6 Å². The quantitative estimate of drug-likeness (QED) is 0.390. The van der Waals surface area contributed by atoms with Gasteiger partial charge in [0.05, 0.1) is 0 Å². The van der Waals surface area contributed by atoms with E-state index in [9.17, 15) is 14.7 Å². The lowest BCUT2D eigenvalue weighted by atomic mass is 10.1. The van der Waals surface area contributed by atoms with E-state index in [1.165, 1.54) is 44.9 Å². The monoisotopic (exact) mass is 241 g/mol. The smallest absolute Gasteiger partial charge is 0.178 e. The van der Waals surface area contributed by atoms with E-state index < -0.39 is 11.8 Å². The molecule has 3 nitrogen and oxygen atoms in total. The Hall–Kier alpha value is -0.860. The molecule has 0 spiro atoms. The second-order valence-corrected chi connectivity index (χ2v) is 4.64. The molecule has 100 valence electrons. The molecule has 0 aromatic carbocycles. The lowest BCUT2D eigenvalue weighted by molar-refractivity contribution is -0.300.